The summed E-state index contributed by atoms with van der Waals surface area (Å²) in [6.45, 7) is 0. The van der Waals surface area contributed by atoms with E-state index in [1.54, 1.807) is 24.3 Å². The van der Waals surface area contributed by atoms with Crippen LogP contribution in [-0.2, 0) is 11.2 Å². The first-order chi connectivity index (χ1) is 10.9. The molecule has 0 aliphatic carbocycles. The summed E-state index contributed by atoms with van der Waals surface area (Å²) in [7, 11) is -3.35. The van der Waals surface area contributed by atoms with Crippen molar-refractivity contribution in [1.82, 2.24) is 4.72 Å². The number of benzene rings is 2. The predicted molar refractivity (Wildman–Crippen MR) is 88.8 cm³/mol. The lowest BCUT2D eigenvalue weighted by molar-refractivity contribution is -0.115. The Hall–Kier alpha value is -2.06. The van der Waals surface area contributed by atoms with E-state index in [2.05, 4.69) is 10.0 Å². The van der Waals surface area contributed by atoms with Crippen LogP contribution in [0.25, 0.3) is 0 Å². The minimum absolute atomic E-state index is 0.0815. The molecule has 8 heteroatoms. The summed E-state index contributed by atoms with van der Waals surface area (Å²) in [5.74, 6) is -0.847. The van der Waals surface area contributed by atoms with Crippen LogP contribution in [0.4, 0.5) is 5.69 Å². The van der Waals surface area contributed by atoms with Gasteiger partial charge < -0.3 is 5.32 Å². The highest BCUT2D eigenvalue weighted by molar-refractivity contribution is 8.23. The fraction of sp³-hybridized carbons (Fsp3) is 0.0667. The van der Waals surface area contributed by atoms with Gasteiger partial charge in [0.25, 0.3) is 5.91 Å². The molecular formula is C15H13ClN2O4S. The van der Waals surface area contributed by atoms with Crippen molar-refractivity contribution in [2.45, 2.75) is 11.3 Å². The van der Waals surface area contributed by atoms with E-state index in [0.29, 0.717) is 16.3 Å². The van der Waals surface area contributed by atoms with Gasteiger partial charge in [-0.05, 0) is 29.8 Å². The third-order valence-corrected chi connectivity index (χ3v) is 5.15. The van der Waals surface area contributed by atoms with Gasteiger partial charge >= 0.3 is 0 Å². The zero-order valence-corrected chi connectivity index (χ0v) is 13.3. The minimum Gasteiger partial charge on any atom is -0.326 e. The molecule has 0 bridgehead atoms. The van der Waals surface area contributed by atoms with Crippen molar-refractivity contribution >= 4 is 39.9 Å². The van der Waals surface area contributed by atoms with Gasteiger partial charge in [0.2, 0.25) is 5.91 Å². The third kappa shape index (κ3) is 3.18. The Morgan fingerprint density at radius 3 is 2.70 bits per heavy atom. The van der Waals surface area contributed by atoms with Crippen molar-refractivity contribution in [2.24, 2.45) is 0 Å². The summed E-state index contributed by atoms with van der Waals surface area (Å²) >= 11 is 6.01. The lowest BCUT2D eigenvalue weighted by atomic mass is 10.1. The van der Waals surface area contributed by atoms with Gasteiger partial charge in [0.1, 0.15) is 0 Å². The van der Waals surface area contributed by atoms with E-state index < -0.39 is 16.7 Å². The number of amides is 2. The SMILES string of the molecule is O=C(Cc1ccccc1Cl)Nc1ccc2c(c1)S(O)(O)NC2=O. The van der Waals surface area contributed by atoms with Crippen LogP contribution in [0, 0.1) is 0 Å². The highest BCUT2D eigenvalue weighted by Crippen LogP contribution is 2.51. The van der Waals surface area contributed by atoms with Gasteiger partial charge in [-0.15, -0.1) is 0 Å². The van der Waals surface area contributed by atoms with Gasteiger partial charge in [-0.3, -0.25) is 18.7 Å². The Kier molecular flexibility index (Phi) is 4.03. The number of hydrogen-bond acceptors (Lipinski definition) is 4. The molecule has 23 heavy (non-hydrogen) atoms. The van der Waals surface area contributed by atoms with Crippen LogP contribution in [0.15, 0.2) is 47.4 Å². The maximum Gasteiger partial charge on any atom is 0.271 e. The van der Waals surface area contributed by atoms with Crippen LogP contribution >= 0.6 is 22.4 Å². The Balaban J connectivity index is 1.78. The summed E-state index contributed by atoms with van der Waals surface area (Å²) in [5.41, 5.74) is 1.25. The largest absolute Gasteiger partial charge is 0.326 e. The fourth-order valence-corrected chi connectivity index (χ4v) is 3.72. The molecule has 0 saturated heterocycles. The predicted octanol–water partition coefficient (Wildman–Crippen LogP) is 3.29. The number of carbonyl (C=O) groups excluding carboxylic acids is 2. The molecule has 4 N–H and O–H groups in total. The number of carbonyl (C=O) groups is 2. The van der Waals surface area contributed by atoms with Crippen LogP contribution < -0.4 is 10.0 Å². The van der Waals surface area contributed by atoms with Gasteiger partial charge in [-0.25, -0.2) is 4.72 Å². The highest BCUT2D eigenvalue weighted by Gasteiger charge is 2.33. The molecular weight excluding hydrogens is 340 g/mol. The molecule has 2 amide bonds. The number of rotatable bonds is 3. The number of hydrogen-bond donors (Lipinski definition) is 4. The average molecular weight is 353 g/mol. The summed E-state index contributed by atoms with van der Waals surface area (Å²) < 4.78 is 21.8. The summed E-state index contributed by atoms with van der Waals surface area (Å²) in [5, 5.41) is 3.15. The molecule has 0 atom stereocenters. The number of anilines is 1. The smallest absolute Gasteiger partial charge is 0.271 e. The van der Waals surface area contributed by atoms with Crippen LogP contribution in [0.2, 0.25) is 5.02 Å². The average Bonchev–Trinajstić information content (AvgIpc) is 2.71. The highest BCUT2D eigenvalue weighted by atomic mass is 35.5. The molecule has 1 heterocycles. The fourth-order valence-electron chi connectivity index (χ4n) is 2.28. The van der Waals surface area contributed by atoms with E-state index in [0.717, 1.165) is 0 Å². The zero-order valence-electron chi connectivity index (χ0n) is 11.7. The summed E-state index contributed by atoms with van der Waals surface area (Å²) in [4.78, 5) is 23.8. The molecule has 0 radical (unpaired) electrons. The summed E-state index contributed by atoms with van der Waals surface area (Å²) in [6.07, 6.45) is 0.0875. The third-order valence-electron chi connectivity index (χ3n) is 3.36. The monoisotopic (exact) mass is 352 g/mol. The molecule has 2 aromatic rings. The first-order valence-electron chi connectivity index (χ1n) is 6.64. The minimum atomic E-state index is -3.35. The second-order valence-electron chi connectivity index (χ2n) is 5.01. The van der Waals surface area contributed by atoms with Gasteiger partial charge in [0, 0.05) is 10.7 Å². The molecule has 0 spiro atoms. The van der Waals surface area contributed by atoms with E-state index in [1.807, 2.05) is 0 Å². The van der Waals surface area contributed by atoms with E-state index >= 15 is 0 Å². The van der Waals surface area contributed by atoms with Crippen molar-refractivity contribution in [3.8, 4) is 0 Å². The normalized spacial score (nSPS) is 16.4. The Morgan fingerprint density at radius 2 is 1.96 bits per heavy atom. The van der Waals surface area contributed by atoms with E-state index in [-0.39, 0.29) is 22.8 Å². The van der Waals surface area contributed by atoms with Crippen molar-refractivity contribution in [3.63, 3.8) is 0 Å². The van der Waals surface area contributed by atoms with Crippen molar-refractivity contribution < 1.29 is 18.7 Å². The first kappa shape index (κ1) is 15.8. The number of halogens is 1. The quantitative estimate of drug-likeness (QED) is 0.681. The Morgan fingerprint density at radius 1 is 1.22 bits per heavy atom. The van der Waals surface area contributed by atoms with Gasteiger partial charge in [0.05, 0.1) is 16.9 Å². The van der Waals surface area contributed by atoms with Gasteiger partial charge in [-0.2, -0.15) is 0 Å². The van der Waals surface area contributed by atoms with Crippen LogP contribution in [0.3, 0.4) is 0 Å². The van der Waals surface area contributed by atoms with Gasteiger partial charge in [-0.1, -0.05) is 40.6 Å². The number of fused-ring (bicyclic) bond motifs is 1. The molecule has 3 rings (SSSR count). The topological polar surface area (TPSA) is 98.7 Å². The summed E-state index contributed by atoms with van der Waals surface area (Å²) in [6, 6.07) is 11.4. The Labute approximate surface area is 139 Å². The van der Waals surface area contributed by atoms with Crippen molar-refractivity contribution in [2.75, 3.05) is 5.32 Å². The lowest BCUT2D eigenvalue weighted by Gasteiger charge is -2.26. The molecule has 0 fully saturated rings. The van der Waals surface area contributed by atoms with E-state index in [1.165, 1.54) is 18.2 Å². The molecule has 1 aliphatic heterocycles. The molecule has 0 unspecified atom stereocenters. The maximum atomic E-state index is 12.1. The molecule has 0 aromatic heterocycles. The Bertz CT molecular complexity index is 810. The lowest BCUT2D eigenvalue weighted by Crippen LogP contribution is -2.17. The standard InChI is InChI=1S/C15H13ClN2O4S/c16-12-4-2-1-3-9(12)7-14(19)17-10-5-6-11-13(8-10)23(21,22)18-15(11)20/h1-6,8,21-22H,7H2,(H,17,19)(H,18,20). The molecule has 0 saturated carbocycles. The van der Waals surface area contributed by atoms with E-state index in [9.17, 15) is 18.7 Å². The van der Waals surface area contributed by atoms with Crippen LogP contribution in [0.1, 0.15) is 15.9 Å². The van der Waals surface area contributed by atoms with Crippen molar-refractivity contribution in [1.29, 1.82) is 0 Å². The molecule has 1 aliphatic rings. The first-order valence-corrected chi connectivity index (χ1v) is 8.57. The second-order valence-corrected chi connectivity index (χ2v) is 7.16. The second kappa shape index (κ2) is 5.86. The van der Waals surface area contributed by atoms with Crippen LogP contribution in [0.5, 0.6) is 0 Å². The zero-order chi connectivity index (χ0) is 16.6. The van der Waals surface area contributed by atoms with Crippen molar-refractivity contribution in [3.05, 3.63) is 58.6 Å². The van der Waals surface area contributed by atoms with E-state index in [4.69, 9.17) is 11.6 Å². The van der Waals surface area contributed by atoms with Gasteiger partial charge in [0.15, 0.2) is 0 Å². The molecule has 6 nitrogen and oxygen atoms in total. The molecule has 120 valence electrons. The molecule has 2 aromatic carbocycles. The maximum absolute atomic E-state index is 12.1. The number of nitrogens with one attached hydrogen (secondary N) is 2. The van der Waals surface area contributed by atoms with Crippen LogP contribution in [-0.4, -0.2) is 20.9 Å².